The fourth-order valence-corrected chi connectivity index (χ4v) is 2.51. The third-order valence-corrected chi connectivity index (χ3v) is 3.63. The van der Waals surface area contributed by atoms with Crippen molar-refractivity contribution in [2.45, 2.75) is 13.3 Å². The Bertz CT molecular complexity index is 667. The van der Waals surface area contributed by atoms with Gasteiger partial charge >= 0.3 is 0 Å². The molecule has 0 bridgehead atoms. The summed E-state index contributed by atoms with van der Waals surface area (Å²) in [6, 6.07) is 12.4. The van der Waals surface area contributed by atoms with Gasteiger partial charge in [-0.3, -0.25) is 4.79 Å². The molecule has 0 aromatic heterocycles. The molecule has 1 aliphatic heterocycles. The molecule has 3 nitrogen and oxygen atoms in total. The zero-order valence-electron chi connectivity index (χ0n) is 11.8. The van der Waals surface area contributed by atoms with Crippen molar-refractivity contribution in [2.24, 2.45) is 0 Å². The summed E-state index contributed by atoms with van der Waals surface area (Å²) < 4.78 is 19.4. The van der Waals surface area contributed by atoms with Crippen LogP contribution in [0.4, 0.5) is 10.1 Å². The summed E-state index contributed by atoms with van der Waals surface area (Å²) in [6.07, 6.45) is 0.684. The van der Waals surface area contributed by atoms with E-state index in [2.05, 4.69) is 0 Å². The number of fused-ring (bicyclic) bond motifs is 1. The lowest BCUT2D eigenvalue weighted by Crippen LogP contribution is -2.33. The van der Waals surface area contributed by atoms with Gasteiger partial charge in [0, 0.05) is 6.54 Å². The Kier molecular flexibility index (Phi) is 3.60. The van der Waals surface area contributed by atoms with E-state index in [-0.39, 0.29) is 18.3 Å². The molecule has 0 spiro atoms. The maximum atomic E-state index is 13.9. The van der Waals surface area contributed by atoms with Crippen molar-refractivity contribution < 1.29 is 13.9 Å². The van der Waals surface area contributed by atoms with Crippen LogP contribution in [0.3, 0.4) is 0 Å². The molecule has 108 valence electrons. The zero-order chi connectivity index (χ0) is 14.8. The minimum absolute atomic E-state index is 0.0865. The lowest BCUT2D eigenvalue weighted by Gasteiger charge is -2.18. The summed E-state index contributed by atoms with van der Waals surface area (Å²) in [5, 5.41) is 0. The van der Waals surface area contributed by atoms with E-state index in [1.807, 2.05) is 37.3 Å². The first-order valence-corrected chi connectivity index (χ1v) is 6.92. The van der Waals surface area contributed by atoms with Crippen molar-refractivity contribution in [3.05, 3.63) is 59.4 Å². The first-order valence-electron chi connectivity index (χ1n) is 6.92. The van der Waals surface area contributed by atoms with Crippen molar-refractivity contribution in [1.29, 1.82) is 0 Å². The van der Waals surface area contributed by atoms with Gasteiger partial charge in [-0.25, -0.2) is 4.39 Å². The minimum atomic E-state index is -0.353. The molecular formula is C17H16FNO2. The third-order valence-electron chi connectivity index (χ3n) is 3.63. The quantitative estimate of drug-likeness (QED) is 0.867. The predicted molar refractivity (Wildman–Crippen MR) is 79.1 cm³/mol. The van der Waals surface area contributed by atoms with E-state index >= 15 is 0 Å². The van der Waals surface area contributed by atoms with Gasteiger partial charge in [0.15, 0.2) is 6.61 Å². The van der Waals surface area contributed by atoms with Crippen LogP contribution in [0.5, 0.6) is 5.75 Å². The normalized spacial score (nSPS) is 13.1. The molecule has 0 aliphatic carbocycles. The molecule has 1 heterocycles. The van der Waals surface area contributed by atoms with Crippen molar-refractivity contribution in [3.63, 3.8) is 0 Å². The first-order chi connectivity index (χ1) is 10.1. The molecule has 0 fully saturated rings. The summed E-state index contributed by atoms with van der Waals surface area (Å²) in [7, 11) is 0. The molecule has 3 rings (SSSR count). The van der Waals surface area contributed by atoms with Gasteiger partial charge in [-0.1, -0.05) is 29.8 Å². The van der Waals surface area contributed by atoms with Crippen LogP contribution in [0, 0.1) is 12.7 Å². The second-order valence-electron chi connectivity index (χ2n) is 5.14. The Hall–Kier alpha value is -2.36. The maximum absolute atomic E-state index is 13.9. The monoisotopic (exact) mass is 285 g/mol. The van der Waals surface area contributed by atoms with Crippen LogP contribution in [0.25, 0.3) is 0 Å². The number of rotatable bonds is 3. The molecule has 4 heteroatoms. The Labute approximate surface area is 123 Å². The number of nitrogens with zero attached hydrogens (tertiary/aromatic N) is 1. The van der Waals surface area contributed by atoms with E-state index in [4.69, 9.17) is 4.74 Å². The summed E-state index contributed by atoms with van der Waals surface area (Å²) in [5.74, 6) is 0.0648. The lowest BCUT2D eigenvalue weighted by atomic mass is 10.1. The predicted octanol–water partition coefficient (Wildman–Crippen LogP) is 3.10. The summed E-state index contributed by atoms with van der Waals surface area (Å²) in [4.78, 5) is 13.7. The van der Waals surface area contributed by atoms with Gasteiger partial charge in [-0.05, 0) is 37.1 Å². The van der Waals surface area contributed by atoms with Crippen molar-refractivity contribution in [2.75, 3.05) is 18.1 Å². The number of carbonyl (C=O) groups excluding carboxylic acids is 1. The molecule has 1 amide bonds. The number of amides is 1. The highest BCUT2D eigenvalue weighted by atomic mass is 19.1. The highest BCUT2D eigenvalue weighted by molar-refractivity contribution is 5.96. The molecule has 1 aliphatic rings. The number of anilines is 1. The van der Waals surface area contributed by atoms with E-state index in [0.717, 1.165) is 11.1 Å². The largest absolute Gasteiger partial charge is 0.484 e. The van der Waals surface area contributed by atoms with E-state index in [1.165, 1.54) is 11.0 Å². The topological polar surface area (TPSA) is 29.5 Å². The average Bonchev–Trinajstić information content (AvgIpc) is 2.92. The van der Waals surface area contributed by atoms with Gasteiger partial charge in [0.1, 0.15) is 11.6 Å². The molecular weight excluding hydrogens is 269 g/mol. The second kappa shape index (κ2) is 5.56. The van der Waals surface area contributed by atoms with Crippen molar-refractivity contribution in [3.8, 4) is 5.75 Å². The molecule has 0 unspecified atom stereocenters. The van der Waals surface area contributed by atoms with Crippen LogP contribution in [0.2, 0.25) is 0 Å². The molecule has 0 radical (unpaired) electrons. The number of ether oxygens (including phenoxy) is 1. The molecule has 0 N–H and O–H groups in total. The van der Waals surface area contributed by atoms with Gasteiger partial charge in [0.2, 0.25) is 0 Å². The smallest absolute Gasteiger partial charge is 0.265 e. The molecule has 2 aromatic rings. The third kappa shape index (κ3) is 2.75. The number of hydrogen-bond acceptors (Lipinski definition) is 2. The lowest BCUT2D eigenvalue weighted by molar-refractivity contribution is -0.120. The first kappa shape index (κ1) is 13.6. The summed E-state index contributed by atoms with van der Waals surface area (Å²) in [5.41, 5.74) is 2.40. The number of para-hydroxylation sites is 1. The molecule has 2 aromatic carbocycles. The van der Waals surface area contributed by atoms with Crippen LogP contribution in [0.1, 0.15) is 11.1 Å². The van der Waals surface area contributed by atoms with Gasteiger partial charge < -0.3 is 9.64 Å². The van der Waals surface area contributed by atoms with E-state index in [1.54, 1.807) is 6.07 Å². The van der Waals surface area contributed by atoms with E-state index < -0.39 is 0 Å². The van der Waals surface area contributed by atoms with Crippen molar-refractivity contribution >= 4 is 11.6 Å². The van der Waals surface area contributed by atoms with Crippen LogP contribution < -0.4 is 9.64 Å². The number of hydrogen-bond donors (Lipinski definition) is 0. The number of benzene rings is 2. The molecule has 21 heavy (non-hydrogen) atoms. The van der Waals surface area contributed by atoms with Gasteiger partial charge in [-0.2, -0.15) is 0 Å². The van der Waals surface area contributed by atoms with E-state index in [9.17, 15) is 9.18 Å². The Morgan fingerprint density at radius 3 is 2.76 bits per heavy atom. The highest BCUT2D eigenvalue weighted by Gasteiger charge is 2.27. The Morgan fingerprint density at radius 1 is 1.24 bits per heavy atom. The maximum Gasteiger partial charge on any atom is 0.265 e. The van der Waals surface area contributed by atoms with Crippen LogP contribution in [0.15, 0.2) is 42.5 Å². The number of carbonyl (C=O) groups is 1. The zero-order valence-corrected chi connectivity index (χ0v) is 11.8. The van der Waals surface area contributed by atoms with Crippen LogP contribution in [-0.2, 0) is 11.2 Å². The number of halogens is 1. The summed E-state index contributed by atoms with van der Waals surface area (Å²) in [6.45, 7) is 2.40. The Morgan fingerprint density at radius 2 is 2.00 bits per heavy atom. The van der Waals surface area contributed by atoms with Crippen molar-refractivity contribution in [1.82, 2.24) is 0 Å². The highest BCUT2D eigenvalue weighted by Crippen LogP contribution is 2.30. The molecule has 0 atom stereocenters. The van der Waals surface area contributed by atoms with Gasteiger partial charge in [0.05, 0.1) is 5.69 Å². The fraction of sp³-hybridized carbons (Fsp3) is 0.235. The van der Waals surface area contributed by atoms with Crippen LogP contribution >= 0.6 is 0 Å². The van der Waals surface area contributed by atoms with Gasteiger partial charge in [0.25, 0.3) is 5.91 Å². The summed E-state index contributed by atoms with van der Waals surface area (Å²) >= 11 is 0. The SMILES string of the molecule is Cc1ccc(OCC(=O)N2CCc3cccc(F)c32)cc1. The minimum Gasteiger partial charge on any atom is -0.484 e. The number of aryl methyl sites for hydroxylation is 1. The molecule has 0 saturated carbocycles. The fourth-order valence-electron chi connectivity index (χ4n) is 2.51. The standard InChI is InChI=1S/C17H16FNO2/c1-12-5-7-14(8-6-12)21-11-16(20)19-10-9-13-3-2-4-15(18)17(13)19/h2-8H,9-11H2,1H3. The molecule has 0 saturated heterocycles. The van der Waals surface area contributed by atoms with E-state index in [0.29, 0.717) is 24.4 Å². The van der Waals surface area contributed by atoms with Crippen LogP contribution in [-0.4, -0.2) is 19.1 Å². The second-order valence-corrected chi connectivity index (χ2v) is 5.14. The average molecular weight is 285 g/mol. The Balaban J connectivity index is 1.69. The van der Waals surface area contributed by atoms with Gasteiger partial charge in [-0.15, -0.1) is 0 Å².